The Labute approximate surface area is 179 Å². The largest absolute Gasteiger partial charge is 0.769 e. The van der Waals surface area contributed by atoms with E-state index < -0.39 is 51.9 Å². The topological polar surface area (TPSA) is 92.7 Å². The van der Waals surface area contributed by atoms with E-state index >= 15 is 4.39 Å². The molecule has 0 bridgehead atoms. The van der Waals surface area contributed by atoms with E-state index in [1.165, 1.54) is 30.3 Å². The molecule has 2 aliphatic rings. The average molecular weight is 453 g/mol. The number of hydrogen-bond acceptors (Lipinski definition) is 4. The molecule has 1 aliphatic carbocycles. The van der Waals surface area contributed by atoms with Gasteiger partial charge in [-0.2, -0.15) is 0 Å². The highest BCUT2D eigenvalue weighted by Crippen LogP contribution is 2.55. The molecule has 1 amide bonds. The summed E-state index contributed by atoms with van der Waals surface area (Å²) in [5.74, 6) is -1.15. The quantitative estimate of drug-likeness (QED) is 0.517. The first-order valence-electron chi connectivity index (χ1n) is 9.73. The molecule has 2 aromatic carbocycles. The Balaban J connectivity index is 1.68. The summed E-state index contributed by atoms with van der Waals surface area (Å²) in [4.78, 5) is 13.0. The van der Waals surface area contributed by atoms with Gasteiger partial charge in [-0.1, -0.05) is 30.3 Å². The lowest BCUT2D eigenvalue weighted by Gasteiger charge is -2.30. The molecule has 2 unspecified atom stereocenters. The summed E-state index contributed by atoms with van der Waals surface area (Å²) in [6, 6.07) is 8.38. The third-order valence-electron chi connectivity index (χ3n) is 6.19. The van der Waals surface area contributed by atoms with Crippen LogP contribution in [0, 0.1) is 17.0 Å². The molecule has 1 spiro atoms. The first-order chi connectivity index (χ1) is 14.7. The van der Waals surface area contributed by atoms with E-state index in [4.69, 9.17) is 0 Å². The number of alkyl halides is 1. The third-order valence-corrected chi connectivity index (χ3v) is 6.66. The smallest absolute Gasteiger partial charge is 0.407 e. The number of likely N-dealkylation sites (tertiary alicyclic amines) is 1. The van der Waals surface area contributed by atoms with Crippen molar-refractivity contribution in [1.82, 2.24) is 10.2 Å². The molecule has 1 saturated heterocycles. The van der Waals surface area contributed by atoms with Crippen LogP contribution in [0.25, 0.3) is 11.1 Å². The molecule has 1 aliphatic heterocycles. The van der Waals surface area contributed by atoms with Gasteiger partial charge in [0.1, 0.15) is 11.6 Å². The molecule has 1 heterocycles. The van der Waals surface area contributed by atoms with Gasteiger partial charge in [-0.25, -0.2) is 18.0 Å². The number of benzene rings is 2. The van der Waals surface area contributed by atoms with Gasteiger partial charge in [-0.05, 0) is 53.6 Å². The maximum Gasteiger partial charge on any atom is 0.407 e. The van der Waals surface area contributed by atoms with Crippen LogP contribution in [0.2, 0.25) is 0 Å². The lowest BCUT2D eigenvalue weighted by atomic mass is 9.90. The van der Waals surface area contributed by atoms with Crippen molar-refractivity contribution in [2.75, 3.05) is 6.54 Å². The second-order valence-corrected chi connectivity index (χ2v) is 8.99. The van der Waals surface area contributed by atoms with Gasteiger partial charge < -0.3 is 14.6 Å². The molecule has 2 N–H and O–H groups in total. The number of nitrogens with one attached hydrogen (secondary N) is 1. The highest BCUT2D eigenvalue weighted by Gasteiger charge is 2.61. The van der Waals surface area contributed by atoms with Gasteiger partial charge in [-0.3, -0.25) is 9.53 Å². The number of rotatable bonds is 6. The summed E-state index contributed by atoms with van der Waals surface area (Å²) >= 11 is -3.03. The van der Waals surface area contributed by atoms with E-state index in [0.717, 1.165) is 4.90 Å². The Morgan fingerprint density at radius 3 is 2.61 bits per heavy atom. The van der Waals surface area contributed by atoms with E-state index in [9.17, 15) is 27.4 Å². The molecule has 2 fully saturated rings. The van der Waals surface area contributed by atoms with Gasteiger partial charge in [0.15, 0.2) is 0 Å². The van der Waals surface area contributed by atoms with E-state index in [1.54, 1.807) is 12.1 Å². The number of halogens is 3. The van der Waals surface area contributed by atoms with Crippen LogP contribution >= 0.6 is 0 Å². The van der Waals surface area contributed by atoms with Crippen LogP contribution in [-0.4, -0.2) is 49.1 Å². The van der Waals surface area contributed by atoms with Crippen molar-refractivity contribution in [2.45, 2.75) is 37.0 Å². The second-order valence-electron chi connectivity index (χ2n) is 8.05. The summed E-state index contributed by atoms with van der Waals surface area (Å²) in [6.07, 6.45) is -0.0796. The summed E-state index contributed by atoms with van der Waals surface area (Å²) in [7, 11) is 0. The van der Waals surface area contributed by atoms with Crippen molar-refractivity contribution in [3.63, 3.8) is 0 Å². The Morgan fingerprint density at radius 1 is 1.29 bits per heavy atom. The minimum Gasteiger partial charge on any atom is -0.769 e. The van der Waals surface area contributed by atoms with Crippen LogP contribution in [0.1, 0.15) is 18.4 Å². The molecule has 4 atom stereocenters. The van der Waals surface area contributed by atoms with Gasteiger partial charge in [0.25, 0.3) is 0 Å². The van der Waals surface area contributed by atoms with Crippen LogP contribution < -0.4 is 5.32 Å². The van der Waals surface area contributed by atoms with Gasteiger partial charge in [-0.15, -0.1) is 0 Å². The predicted molar refractivity (Wildman–Crippen MR) is 106 cm³/mol. The van der Waals surface area contributed by atoms with E-state index in [0.29, 0.717) is 18.4 Å². The maximum absolute atomic E-state index is 15.3. The fourth-order valence-electron chi connectivity index (χ4n) is 4.54. The van der Waals surface area contributed by atoms with Crippen LogP contribution in [-0.2, 0) is 17.5 Å². The molecule has 10 heteroatoms. The van der Waals surface area contributed by atoms with Crippen molar-refractivity contribution in [3.05, 3.63) is 59.7 Å². The van der Waals surface area contributed by atoms with Gasteiger partial charge in [0.05, 0.1) is 6.04 Å². The van der Waals surface area contributed by atoms with Crippen LogP contribution in [0.3, 0.4) is 0 Å². The zero-order chi connectivity index (χ0) is 22.3. The highest BCUT2D eigenvalue weighted by atomic mass is 32.2. The van der Waals surface area contributed by atoms with Crippen LogP contribution in [0.4, 0.5) is 18.0 Å². The number of carbonyl (C=O) groups is 1. The van der Waals surface area contributed by atoms with Crippen molar-refractivity contribution >= 4 is 17.2 Å². The number of hydrogen-bond donors (Lipinski definition) is 2. The predicted octanol–water partition coefficient (Wildman–Crippen LogP) is 3.41. The minimum absolute atomic E-state index is 0.0844. The number of nitrogens with zero attached hydrogens (tertiary/aromatic N) is 1. The Morgan fingerprint density at radius 2 is 2.00 bits per heavy atom. The lowest BCUT2D eigenvalue weighted by Crippen LogP contribution is -2.51. The first-order valence-corrected chi connectivity index (χ1v) is 10.9. The van der Waals surface area contributed by atoms with Crippen molar-refractivity contribution in [1.29, 1.82) is 0 Å². The number of carboxylic acid groups (broad SMARTS) is 1. The SMILES string of the molecule is O=C(O)N1CC2(CC2)[C@H](NC(F)S(=O)[O-])[C@@H]1Cc1cccc(-c2cccc(F)c2)c1F. The molecule has 0 aromatic heterocycles. The first kappa shape index (κ1) is 21.8. The highest BCUT2D eigenvalue weighted by molar-refractivity contribution is 7.79. The summed E-state index contributed by atoms with van der Waals surface area (Å²) in [6.45, 7) is 0.119. The maximum atomic E-state index is 15.3. The van der Waals surface area contributed by atoms with Crippen LogP contribution in [0.5, 0.6) is 0 Å². The van der Waals surface area contributed by atoms with E-state index in [-0.39, 0.29) is 24.1 Å². The second kappa shape index (κ2) is 8.25. The standard InChI is InChI=1S/C21H21F3N2O4S/c22-14-5-1-3-12(9-14)15-6-2-4-13(17(15)23)10-16-18(25-19(24)31(29)30)21(7-8-21)11-26(16)20(27)28/h1-6,9,16,18-19,25H,7-8,10-11H2,(H,27,28)(H,29,30)/p-1/t16-,18+,19?/m0/s1. The van der Waals surface area contributed by atoms with Gasteiger partial charge in [0, 0.05) is 23.6 Å². The molecular weight excluding hydrogens is 433 g/mol. The molecule has 1 saturated carbocycles. The molecule has 31 heavy (non-hydrogen) atoms. The van der Waals surface area contributed by atoms with Crippen molar-refractivity contribution in [2.24, 2.45) is 5.41 Å². The normalized spacial score (nSPS) is 23.7. The molecular formula is C21H20F3N2O4S-. The number of amides is 1. The monoisotopic (exact) mass is 453 g/mol. The van der Waals surface area contributed by atoms with E-state index in [1.807, 2.05) is 0 Å². The summed E-state index contributed by atoms with van der Waals surface area (Å²) < 4.78 is 65.0. The molecule has 2 aromatic rings. The van der Waals surface area contributed by atoms with Crippen molar-refractivity contribution < 1.29 is 31.8 Å². The van der Waals surface area contributed by atoms with E-state index in [2.05, 4.69) is 5.32 Å². The lowest BCUT2D eigenvalue weighted by molar-refractivity contribution is 0.134. The fourth-order valence-corrected chi connectivity index (χ4v) is 4.79. The molecule has 6 nitrogen and oxygen atoms in total. The average Bonchev–Trinajstić information content (AvgIpc) is 3.43. The Hall–Kier alpha value is -2.43. The zero-order valence-electron chi connectivity index (χ0n) is 16.3. The zero-order valence-corrected chi connectivity index (χ0v) is 17.1. The van der Waals surface area contributed by atoms with Crippen molar-refractivity contribution in [3.8, 4) is 11.1 Å². The molecule has 166 valence electrons. The molecule has 0 radical (unpaired) electrons. The minimum atomic E-state index is -3.03. The van der Waals surface area contributed by atoms with Gasteiger partial charge in [0.2, 0.25) is 5.63 Å². The fraction of sp³-hybridized carbons (Fsp3) is 0.381. The Bertz CT molecular complexity index is 1030. The van der Waals surface area contributed by atoms with Gasteiger partial charge >= 0.3 is 6.09 Å². The summed E-state index contributed by atoms with van der Waals surface area (Å²) in [5.41, 5.74) is -2.25. The summed E-state index contributed by atoms with van der Waals surface area (Å²) in [5, 5.41) is 12.1. The third kappa shape index (κ3) is 4.19. The Kier molecular flexibility index (Phi) is 5.80. The van der Waals surface area contributed by atoms with Crippen LogP contribution in [0.15, 0.2) is 42.5 Å². The molecule has 4 rings (SSSR count).